The summed E-state index contributed by atoms with van der Waals surface area (Å²) in [5, 5.41) is 8.20. The SMILES string of the molecule is CCc1nc(-c2ccc3c(c2)CC[C@H]3CC(=O)c2cnn(CC3(F)COC3)c2)no1. The van der Waals surface area contributed by atoms with Gasteiger partial charge in [-0.2, -0.15) is 10.1 Å². The van der Waals surface area contributed by atoms with Gasteiger partial charge in [-0.05, 0) is 36.0 Å². The Morgan fingerprint density at radius 1 is 1.37 bits per heavy atom. The van der Waals surface area contributed by atoms with Crippen LogP contribution < -0.4 is 0 Å². The summed E-state index contributed by atoms with van der Waals surface area (Å²) in [6, 6.07) is 6.17. The van der Waals surface area contributed by atoms with Crippen LogP contribution in [-0.2, 0) is 24.1 Å². The Morgan fingerprint density at radius 2 is 2.23 bits per heavy atom. The molecule has 1 aliphatic carbocycles. The lowest BCUT2D eigenvalue weighted by Crippen LogP contribution is -2.48. The molecule has 7 nitrogen and oxygen atoms in total. The molecule has 0 amide bonds. The van der Waals surface area contributed by atoms with E-state index in [4.69, 9.17) is 9.26 Å². The van der Waals surface area contributed by atoms with Crippen molar-refractivity contribution >= 4 is 5.78 Å². The first-order valence-corrected chi connectivity index (χ1v) is 10.3. The minimum atomic E-state index is -1.37. The molecule has 0 saturated carbocycles. The third-order valence-electron chi connectivity index (χ3n) is 5.93. The van der Waals surface area contributed by atoms with Crippen molar-refractivity contribution in [2.75, 3.05) is 13.2 Å². The number of fused-ring (bicyclic) bond motifs is 1. The summed E-state index contributed by atoms with van der Waals surface area (Å²) in [4.78, 5) is 17.2. The van der Waals surface area contributed by atoms with E-state index in [9.17, 15) is 9.18 Å². The Balaban J connectivity index is 1.27. The molecule has 0 bridgehead atoms. The van der Waals surface area contributed by atoms with Crippen molar-refractivity contribution in [1.29, 1.82) is 0 Å². The molecule has 1 fully saturated rings. The van der Waals surface area contributed by atoms with Gasteiger partial charge in [0.1, 0.15) is 0 Å². The zero-order valence-electron chi connectivity index (χ0n) is 16.8. The average molecular weight is 410 g/mol. The molecule has 3 aromatic rings. The van der Waals surface area contributed by atoms with E-state index < -0.39 is 5.67 Å². The summed E-state index contributed by atoms with van der Waals surface area (Å²) in [6.45, 7) is 2.26. The second kappa shape index (κ2) is 7.43. The van der Waals surface area contributed by atoms with Gasteiger partial charge >= 0.3 is 0 Å². The van der Waals surface area contributed by atoms with Crippen LogP contribution in [0.15, 0.2) is 35.1 Å². The first-order chi connectivity index (χ1) is 14.5. The third-order valence-corrected chi connectivity index (χ3v) is 5.93. The second-order valence-corrected chi connectivity index (χ2v) is 8.21. The van der Waals surface area contributed by atoms with Crippen LogP contribution in [0.1, 0.15) is 53.1 Å². The number of halogens is 1. The van der Waals surface area contributed by atoms with Crippen molar-refractivity contribution in [3.8, 4) is 11.4 Å². The maximum absolute atomic E-state index is 14.2. The fourth-order valence-electron chi connectivity index (χ4n) is 4.21. The lowest BCUT2D eigenvalue weighted by atomic mass is 9.93. The lowest BCUT2D eigenvalue weighted by Gasteiger charge is -2.33. The van der Waals surface area contributed by atoms with Crippen LogP contribution in [0.5, 0.6) is 0 Å². The average Bonchev–Trinajstić information content (AvgIpc) is 3.46. The highest BCUT2D eigenvalue weighted by atomic mass is 19.1. The van der Waals surface area contributed by atoms with Crippen molar-refractivity contribution in [2.24, 2.45) is 0 Å². The Hall–Kier alpha value is -2.87. The topological polar surface area (TPSA) is 83.0 Å². The molecule has 0 N–H and O–H groups in total. The van der Waals surface area contributed by atoms with Crippen LogP contribution in [0.4, 0.5) is 4.39 Å². The number of Topliss-reactive ketones (excluding diaryl/α,β-unsaturated/α-hetero) is 1. The van der Waals surface area contributed by atoms with E-state index >= 15 is 0 Å². The quantitative estimate of drug-likeness (QED) is 0.554. The second-order valence-electron chi connectivity index (χ2n) is 8.21. The van der Waals surface area contributed by atoms with Crippen molar-refractivity contribution in [3.05, 3.63) is 53.2 Å². The zero-order valence-corrected chi connectivity index (χ0v) is 16.8. The summed E-state index contributed by atoms with van der Waals surface area (Å²) in [6.07, 6.45) is 6.15. The number of nitrogens with zero attached hydrogens (tertiary/aromatic N) is 4. The fourth-order valence-corrected chi connectivity index (χ4v) is 4.21. The first-order valence-electron chi connectivity index (χ1n) is 10.3. The first kappa shape index (κ1) is 19.1. The Kier molecular flexibility index (Phi) is 4.73. The molecule has 8 heteroatoms. The number of ether oxygens (including phenoxy) is 1. The number of benzene rings is 1. The van der Waals surface area contributed by atoms with Gasteiger partial charge in [0.2, 0.25) is 11.7 Å². The van der Waals surface area contributed by atoms with Gasteiger partial charge in [0, 0.05) is 24.6 Å². The lowest BCUT2D eigenvalue weighted by molar-refractivity contribution is -0.138. The van der Waals surface area contributed by atoms with E-state index in [1.807, 2.05) is 13.0 Å². The minimum Gasteiger partial charge on any atom is -0.374 e. The molecule has 156 valence electrons. The van der Waals surface area contributed by atoms with Gasteiger partial charge < -0.3 is 9.26 Å². The van der Waals surface area contributed by atoms with E-state index in [1.54, 1.807) is 6.20 Å². The summed E-state index contributed by atoms with van der Waals surface area (Å²) < 4.78 is 25.8. The number of aromatic nitrogens is 4. The monoisotopic (exact) mass is 410 g/mol. The maximum atomic E-state index is 14.2. The number of hydrogen-bond acceptors (Lipinski definition) is 6. The Labute approximate surface area is 173 Å². The van der Waals surface area contributed by atoms with E-state index in [2.05, 4.69) is 27.4 Å². The number of aryl methyl sites for hydroxylation is 2. The van der Waals surface area contributed by atoms with Gasteiger partial charge in [0.05, 0.1) is 31.5 Å². The van der Waals surface area contributed by atoms with Crippen LogP contribution in [-0.4, -0.2) is 44.6 Å². The highest BCUT2D eigenvalue weighted by Crippen LogP contribution is 2.38. The smallest absolute Gasteiger partial charge is 0.226 e. The Bertz CT molecular complexity index is 1090. The zero-order chi connectivity index (χ0) is 20.7. The summed E-state index contributed by atoms with van der Waals surface area (Å²) >= 11 is 0. The van der Waals surface area contributed by atoms with E-state index in [-0.39, 0.29) is 31.5 Å². The van der Waals surface area contributed by atoms with Gasteiger partial charge in [-0.1, -0.05) is 24.2 Å². The maximum Gasteiger partial charge on any atom is 0.226 e. The Morgan fingerprint density at radius 3 is 2.97 bits per heavy atom. The number of carbonyl (C=O) groups is 1. The van der Waals surface area contributed by atoms with Crippen molar-refractivity contribution < 1.29 is 18.4 Å². The predicted octanol–water partition coefficient (Wildman–Crippen LogP) is 3.54. The van der Waals surface area contributed by atoms with Gasteiger partial charge in [0.25, 0.3) is 0 Å². The van der Waals surface area contributed by atoms with Crippen LogP contribution in [0.3, 0.4) is 0 Å². The number of rotatable bonds is 7. The molecule has 5 rings (SSSR count). The molecule has 0 unspecified atom stereocenters. The van der Waals surface area contributed by atoms with E-state index in [0.29, 0.717) is 30.1 Å². The van der Waals surface area contributed by atoms with Crippen molar-refractivity contribution in [1.82, 2.24) is 19.9 Å². The molecule has 1 atom stereocenters. The molecule has 3 heterocycles. The summed E-state index contributed by atoms with van der Waals surface area (Å²) in [5.41, 5.74) is 2.53. The molecule has 1 aliphatic heterocycles. The van der Waals surface area contributed by atoms with Crippen LogP contribution in [0.25, 0.3) is 11.4 Å². The number of ketones is 1. The highest BCUT2D eigenvalue weighted by Gasteiger charge is 2.39. The molecule has 1 saturated heterocycles. The number of alkyl halides is 1. The summed E-state index contributed by atoms with van der Waals surface area (Å²) in [5.74, 6) is 1.43. The molecular weight excluding hydrogens is 387 g/mol. The van der Waals surface area contributed by atoms with Gasteiger partial charge in [-0.3, -0.25) is 9.48 Å². The van der Waals surface area contributed by atoms with Gasteiger partial charge in [0.15, 0.2) is 11.5 Å². The third kappa shape index (κ3) is 3.56. The molecule has 2 aromatic heterocycles. The molecular formula is C22H23FN4O3. The van der Waals surface area contributed by atoms with E-state index in [0.717, 1.165) is 18.4 Å². The van der Waals surface area contributed by atoms with Crippen LogP contribution in [0.2, 0.25) is 0 Å². The largest absolute Gasteiger partial charge is 0.374 e. The molecule has 2 aliphatic rings. The molecule has 0 spiro atoms. The van der Waals surface area contributed by atoms with Gasteiger partial charge in [-0.15, -0.1) is 0 Å². The highest BCUT2D eigenvalue weighted by molar-refractivity contribution is 5.96. The molecule has 30 heavy (non-hydrogen) atoms. The van der Waals surface area contributed by atoms with E-state index in [1.165, 1.54) is 22.0 Å². The fraction of sp³-hybridized carbons (Fsp3) is 0.455. The normalized spacial score (nSPS) is 19.5. The summed E-state index contributed by atoms with van der Waals surface area (Å²) in [7, 11) is 0. The standard InChI is InChI=1S/C22H23FN4O3/c1-2-20-25-21(26-30-20)16-5-6-18-14(7-16)3-4-15(18)8-19(28)17-9-24-27(10-17)11-22(23)12-29-13-22/h5-7,9-10,15H,2-4,8,11-13H2,1H3/t15-/m0/s1. The van der Waals surface area contributed by atoms with Gasteiger partial charge in [-0.25, -0.2) is 4.39 Å². The number of carbonyl (C=O) groups excluding carboxylic acids is 1. The van der Waals surface area contributed by atoms with Crippen molar-refractivity contribution in [3.63, 3.8) is 0 Å². The predicted molar refractivity (Wildman–Crippen MR) is 106 cm³/mol. The molecule has 1 aromatic carbocycles. The number of hydrogen-bond donors (Lipinski definition) is 0. The molecule has 0 radical (unpaired) electrons. The van der Waals surface area contributed by atoms with Crippen LogP contribution >= 0.6 is 0 Å². The van der Waals surface area contributed by atoms with Crippen LogP contribution in [0, 0.1) is 0 Å². The minimum absolute atomic E-state index is 0.0340. The van der Waals surface area contributed by atoms with Crippen molar-refractivity contribution in [2.45, 2.75) is 50.7 Å².